The van der Waals surface area contributed by atoms with Gasteiger partial charge in [0.15, 0.2) is 0 Å². The highest BCUT2D eigenvalue weighted by atomic mass is 35.5. The van der Waals surface area contributed by atoms with Crippen molar-refractivity contribution in [2.45, 2.75) is 65.3 Å². The molecule has 13 nitrogen and oxygen atoms in total. The first kappa shape index (κ1) is 32.1. The third-order valence-corrected chi connectivity index (χ3v) is 7.57. The molecule has 2 amide bonds. The number of carbonyl (C=O) groups is 2. The molecular weight excluding hydrogens is 550 g/mol. The van der Waals surface area contributed by atoms with Crippen molar-refractivity contribution in [2.24, 2.45) is 5.18 Å². The molecule has 4 N–H and O–H groups in total. The van der Waals surface area contributed by atoms with Crippen LogP contribution in [0.15, 0.2) is 23.5 Å². The first-order chi connectivity index (χ1) is 19.7. The molecule has 14 heteroatoms. The van der Waals surface area contributed by atoms with Crippen molar-refractivity contribution in [1.29, 1.82) is 0 Å². The molecule has 0 aromatic carbocycles. The molecule has 4 rings (SSSR count). The summed E-state index contributed by atoms with van der Waals surface area (Å²) in [5, 5.41) is 14.3. The number of nitrogens with zero attached hydrogens (tertiary/aromatic N) is 7. The van der Waals surface area contributed by atoms with Crippen molar-refractivity contribution >= 4 is 35.1 Å². The Bertz CT molecular complexity index is 1210. The maximum Gasteiger partial charge on any atom is 0.271 e. The predicted molar refractivity (Wildman–Crippen MR) is 158 cm³/mol. The minimum Gasteiger partial charge on any atom is -0.383 e. The summed E-state index contributed by atoms with van der Waals surface area (Å²) in [5.74, 6) is 0.234. The zero-order valence-corrected chi connectivity index (χ0v) is 24.8. The Morgan fingerprint density at radius 1 is 1.20 bits per heavy atom. The zero-order chi connectivity index (χ0) is 30.1. The van der Waals surface area contributed by atoms with E-state index < -0.39 is 12.1 Å². The number of hydrogen-bond acceptors (Lipinski definition) is 11. The van der Waals surface area contributed by atoms with E-state index >= 15 is 0 Å². The van der Waals surface area contributed by atoms with Crippen LogP contribution in [0.4, 0.5) is 11.6 Å². The number of pyridine rings is 1. The van der Waals surface area contributed by atoms with Crippen molar-refractivity contribution in [3.05, 3.63) is 45.3 Å². The van der Waals surface area contributed by atoms with Crippen LogP contribution in [0.25, 0.3) is 0 Å². The van der Waals surface area contributed by atoms with Crippen LogP contribution in [-0.4, -0.2) is 99.3 Å². The number of aromatic nitrogens is 3. The normalized spacial score (nSPS) is 18.7. The number of nitrogens with two attached hydrogens (primary N) is 1. The molecule has 0 bridgehead atoms. The molecule has 0 radical (unpaired) electrons. The van der Waals surface area contributed by atoms with Crippen LogP contribution in [0, 0.1) is 11.8 Å². The highest BCUT2D eigenvalue weighted by Crippen LogP contribution is 2.27. The average molecular weight is 590 g/mol. The van der Waals surface area contributed by atoms with Crippen molar-refractivity contribution in [1.82, 2.24) is 30.1 Å². The quantitative estimate of drug-likeness (QED) is 0.307. The van der Waals surface area contributed by atoms with Crippen molar-refractivity contribution in [3.63, 3.8) is 0 Å². The number of nitroso groups, excluding NO2 is 1. The Morgan fingerprint density at radius 2 is 1.90 bits per heavy atom. The molecule has 2 saturated heterocycles. The van der Waals surface area contributed by atoms with Gasteiger partial charge in [-0.05, 0) is 43.5 Å². The summed E-state index contributed by atoms with van der Waals surface area (Å²) in [6.45, 7) is 11.4. The van der Waals surface area contributed by atoms with Gasteiger partial charge in [-0.3, -0.25) is 14.5 Å². The van der Waals surface area contributed by atoms with Gasteiger partial charge in [-0.25, -0.2) is 15.0 Å². The predicted octanol–water partition coefficient (Wildman–Crippen LogP) is 2.46. The van der Waals surface area contributed by atoms with E-state index in [0.29, 0.717) is 36.4 Å². The summed E-state index contributed by atoms with van der Waals surface area (Å²) >= 11 is 5.88. The third-order valence-electron chi connectivity index (χ3n) is 7.36. The van der Waals surface area contributed by atoms with Crippen LogP contribution in [0.2, 0.25) is 5.15 Å². The Balaban J connectivity index is 0.00000226. The Labute approximate surface area is 245 Å². The maximum atomic E-state index is 13.0. The minimum atomic E-state index is -1.50. The van der Waals surface area contributed by atoms with Gasteiger partial charge < -0.3 is 26.0 Å². The molecular formula is C27H40ClN9O4. The minimum absolute atomic E-state index is 0.109. The molecule has 2 aliphatic rings. The fourth-order valence-electron chi connectivity index (χ4n) is 5.31. The number of aliphatic hydroxyl groups excluding tert-OH is 1. The lowest BCUT2D eigenvalue weighted by atomic mass is 9.97. The first-order valence-corrected chi connectivity index (χ1v) is 14.4. The molecule has 2 unspecified atom stereocenters. The lowest BCUT2D eigenvalue weighted by Gasteiger charge is -2.47. The highest BCUT2D eigenvalue weighted by Gasteiger charge is 2.35. The molecule has 41 heavy (non-hydrogen) atoms. The van der Waals surface area contributed by atoms with E-state index in [0.717, 1.165) is 44.7 Å². The summed E-state index contributed by atoms with van der Waals surface area (Å²) in [5.41, 5.74) is 7.04. The van der Waals surface area contributed by atoms with Crippen LogP contribution >= 0.6 is 11.6 Å². The van der Waals surface area contributed by atoms with Crippen LogP contribution < -0.4 is 16.0 Å². The number of piperidine rings is 1. The number of rotatable bonds is 8. The molecule has 2 aromatic heterocycles. The standard InChI is InChI=1S/C25H34ClN9O4.C2H6/c1-3-16-14-34(23-15(2)30-19(12-28-23)24(37)29-13-21(36)32-39)10-11-35(16)17-6-8-33(9-7-17)25(38)18-4-5-20(26)31-22(18)27;1-2/h4-5,12,16-17,21,36H,3,6-11,13-14H2,1-2H3,(H2,27,31)(H,29,37);1-2H3. The van der Waals surface area contributed by atoms with Gasteiger partial charge >= 0.3 is 0 Å². The second kappa shape index (κ2) is 15.0. The lowest BCUT2D eigenvalue weighted by molar-refractivity contribution is 0.0491. The third kappa shape index (κ3) is 7.86. The number of amides is 2. The zero-order valence-electron chi connectivity index (χ0n) is 24.1. The van der Waals surface area contributed by atoms with E-state index in [-0.39, 0.29) is 29.1 Å². The summed E-state index contributed by atoms with van der Waals surface area (Å²) in [7, 11) is 0. The Morgan fingerprint density at radius 3 is 2.51 bits per heavy atom. The van der Waals surface area contributed by atoms with Crippen LogP contribution in [0.1, 0.15) is 66.6 Å². The van der Waals surface area contributed by atoms with Crippen molar-refractivity contribution in [2.75, 3.05) is 49.9 Å². The fourth-order valence-corrected chi connectivity index (χ4v) is 5.47. The van der Waals surface area contributed by atoms with E-state index in [2.05, 4.69) is 42.2 Å². The number of nitrogens with one attached hydrogen (secondary N) is 1. The number of piperazine rings is 1. The smallest absolute Gasteiger partial charge is 0.271 e. The molecule has 2 fully saturated rings. The number of halogens is 1. The SMILES string of the molecule is CC.CCC1CN(c2ncc(C(=O)NCC(O)N=O)nc2C)CCN1C1CCN(C(=O)c2ccc(Cl)nc2N)CC1. The summed E-state index contributed by atoms with van der Waals surface area (Å²) in [4.78, 5) is 55.1. The van der Waals surface area contributed by atoms with Crippen LogP contribution in [0.5, 0.6) is 0 Å². The van der Waals surface area contributed by atoms with Crippen molar-refractivity contribution in [3.8, 4) is 0 Å². The monoisotopic (exact) mass is 589 g/mol. The van der Waals surface area contributed by atoms with E-state index in [1.807, 2.05) is 25.7 Å². The second-order valence-corrected chi connectivity index (χ2v) is 10.2. The van der Waals surface area contributed by atoms with Gasteiger partial charge in [-0.2, -0.15) is 0 Å². The van der Waals surface area contributed by atoms with E-state index in [1.165, 1.54) is 6.20 Å². The van der Waals surface area contributed by atoms with E-state index in [9.17, 15) is 19.6 Å². The molecule has 0 saturated carbocycles. The largest absolute Gasteiger partial charge is 0.383 e. The number of aliphatic hydroxyl groups is 1. The molecule has 4 heterocycles. The average Bonchev–Trinajstić information content (AvgIpc) is 3.00. The van der Waals surface area contributed by atoms with Crippen LogP contribution in [0.3, 0.4) is 0 Å². The van der Waals surface area contributed by atoms with Gasteiger partial charge in [-0.15, -0.1) is 4.91 Å². The van der Waals surface area contributed by atoms with E-state index in [4.69, 9.17) is 17.3 Å². The number of nitrogen functional groups attached to an aromatic ring is 1. The molecule has 2 aliphatic heterocycles. The summed E-state index contributed by atoms with van der Waals surface area (Å²) < 4.78 is 0. The Kier molecular flexibility index (Phi) is 11.7. The van der Waals surface area contributed by atoms with Gasteiger partial charge in [0.05, 0.1) is 24.0 Å². The fraction of sp³-hybridized carbons (Fsp3) is 0.593. The molecule has 2 atom stereocenters. The number of likely N-dealkylation sites (tertiary alicyclic amines) is 1. The topological polar surface area (TPSA) is 170 Å². The van der Waals surface area contributed by atoms with Gasteiger partial charge in [0.25, 0.3) is 11.8 Å². The number of aryl methyl sites for hydroxylation is 1. The molecule has 0 aliphatic carbocycles. The van der Waals surface area contributed by atoms with Gasteiger partial charge in [0.1, 0.15) is 22.5 Å². The summed E-state index contributed by atoms with van der Waals surface area (Å²) in [6, 6.07) is 3.89. The second-order valence-electron chi connectivity index (χ2n) is 9.80. The number of carbonyl (C=O) groups excluding carboxylic acids is 2. The maximum absolute atomic E-state index is 13.0. The molecule has 0 spiro atoms. The highest BCUT2D eigenvalue weighted by molar-refractivity contribution is 6.29. The number of anilines is 2. The van der Waals surface area contributed by atoms with E-state index in [1.54, 1.807) is 12.1 Å². The lowest BCUT2D eigenvalue weighted by Crippen LogP contribution is -2.59. The van der Waals surface area contributed by atoms with Crippen LogP contribution in [-0.2, 0) is 0 Å². The van der Waals surface area contributed by atoms with Gasteiger partial charge in [0, 0.05) is 44.8 Å². The summed E-state index contributed by atoms with van der Waals surface area (Å²) in [6.07, 6.45) is 2.61. The van der Waals surface area contributed by atoms with Crippen molar-refractivity contribution < 1.29 is 14.7 Å². The van der Waals surface area contributed by atoms with Gasteiger partial charge in [-0.1, -0.05) is 32.4 Å². The number of hydrogen-bond donors (Lipinski definition) is 3. The molecule has 2 aromatic rings. The first-order valence-electron chi connectivity index (χ1n) is 14.1. The molecule has 224 valence electrons. The van der Waals surface area contributed by atoms with Gasteiger partial charge in [0.2, 0.25) is 6.23 Å². The Hall–Kier alpha value is -3.42.